The van der Waals surface area contributed by atoms with Crippen molar-refractivity contribution >= 4 is 11.0 Å². The summed E-state index contributed by atoms with van der Waals surface area (Å²) in [6.45, 7) is 0. The Morgan fingerprint density at radius 2 is 1.92 bits per heavy atom. The van der Waals surface area contributed by atoms with E-state index < -0.39 is 18.9 Å². The highest BCUT2D eigenvalue weighted by molar-refractivity contribution is 5.79. The highest BCUT2D eigenvalue weighted by Gasteiger charge is 2.35. The number of ether oxygens (including phenoxy) is 1. The Morgan fingerprint density at radius 1 is 1.11 bits per heavy atom. The fraction of sp³-hybridized carbons (Fsp3) is 0.280. The number of benzene rings is 1. The van der Waals surface area contributed by atoms with Gasteiger partial charge in [0.05, 0.1) is 28.7 Å². The summed E-state index contributed by atoms with van der Waals surface area (Å²) >= 11 is 0. The van der Waals surface area contributed by atoms with Crippen LogP contribution in [0.1, 0.15) is 45.5 Å². The average molecular weight is 510 g/mol. The zero-order valence-electron chi connectivity index (χ0n) is 22.4. The predicted octanol–water partition coefficient (Wildman–Crippen LogP) is 4.50. The second-order valence-electron chi connectivity index (χ2n) is 8.84. The van der Waals surface area contributed by atoms with Crippen LogP contribution in [0.5, 0.6) is 5.88 Å². The molecule has 1 aliphatic carbocycles. The van der Waals surface area contributed by atoms with E-state index in [0.29, 0.717) is 40.1 Å². The van der Waals surface area contributed by atoms with Gasteiger partial charge >= 0.3 is 6.18 Å². The first-order valence-corrected chi connectivity index (χ1v) is 11.4. The normalized spacial score (nSPS) is 15.4. The third-order valence-electron chi connectivity index (χ3n) is 6.26. The van der Waals surface area contributed by atoms with Crippen molar-refractivity contribution in [2.45, 2.75) is 31.4 Å². The molecule has 0 saturated heterocycles. The maximum Gasteiger partial charge on any atom is 0.434 e. The molecular formula is C25H21F3N8O. The molecule has 37 heavy (non-hydrogen) atoms. The smallest absolute Gasteiger partial charge is 0.434 e. The van der Waals surface area contributed by atoms with E-state index in [1.807, 2.05) is 0 Å². The molecule has 6 rings (SSSR count). The molecule has 9 nitrogen and oxygen atoms in total. The van der Waals surface area contributed by atoms with Crippen molar-refractivity contribution in [1.82, 2.24) is 39.3 Å². The van der Waals surface area contributed by atoms with Gasteiger partial charge in [-0.3, -0.25) is 0 Å². The van der Waals surface area contributed by atoms with Crippen LogP contribution in [0.15, 0.2) is 49.3 Å². The lowest BCUT2D eigenvalue weighted by atomic mass is 10.1. The van der Waals surface area contributed by atoms with E-state index in [2.05, 4.69) is 24.9 Å². The lowest BCUT2D eigenvalue weighted by Gasteiger charge is -2.12. The minimum absolute atomic E-state index is 0.116. The largest absolute Gasteiger partial charge is 0.479 e. The summed E-state index contributed by atoms with van der Waals surface area (Å²) < 4.78 is 70.2. The molecule has 1 aliphatic rings. The first-order chi connectivity index (χ1) is 19.0. The van der Waals surface area contributed by atoms with Crippen molar-refractivity contribution in [3.63, 3.8) is 0 Å². The molecule has 0 atom stereocenters. The van der Waals surface area contributed by atoms with Gasteiger partial charge in [-0.05, 0) is 18.4 Å². The fourth-order valence-corrected chi connectivity index (χ4v) is 4.35. The maximum absolute atomic E-state index is 13.1. The van der Waals surface area contributed by atoms with Crippen molar-refractivity contribution in [1.29, 1.82) is 0 Å². The van der Waals surface area contributed by atoms with Gasteiger partial charge in [-0.25, -0.2) is 24.6 Å². The maximum atomic E-state index is 13.1. The summed E-state index contributed by atoms with van der Waals surface area (Å²) in [6, 6.07) is 6.97. The standard InChI is InChI=1S/C25H21F3N8O/c1-35-11-19(25(26,27)28)33-23(35)16-5-3-14(4-6-16)9-17-21-18(10-29-12-30-21)36(34-17)22-20(15-7-8-15)31-13-32-24(22)37-2/h3-6,10-13,15H,7-9H2,1-2H3/i2D3. The number of fused-ring (bicyclic) bond motifs is 1. The van der Waals surface area contributed by atoms with Gasteiger partial charge < -0.3 is 9.30 Å². The Kier molecular flexibility index (Phi) is 4.62. The summed E-state index contributed by atoms with van der Waals surface area (Å²) in [5.41, 5.74) is 3.00. The number of alkyl halides is 3. The van der Waals surface area contributed by atoms with Crippen LogP contribution in [0.2, 0.25) is 0 Å². The number of methoxy groups -OCH3 is 1. The average Bonchev–Trinajstić information content (AvgIpc) is 3.57. The Morgan fingerprint density at radius 3 is 2.62 bits per heavy atom. The van der Waals surface area contributed by atoms with Gasteiger partial charge in [0, 0.05) is 31.1 Å². The minimum Gasteiger partial charge on any atom is -0.479 e. The molecule has 0 radical (unpaired) electrons. The second-order valence-corrected chi connectivity index (χ2v) is 8.84. The molecule has 0 amide bonds. The molecule has 0 aliphatic heterocycles. The SMILES string of the molecule is [2H]C([2H])([2H])Oc1ncnc(C2CC2)c1-n1nc(Cc2ccc(-c3nc(C(F)(F)F)cn3C)cc2)c2ncncc21. The molecule has 1 saturated carbocycles. The van der Waals surface area contributed by atoms with E-state index in [4.69, 9.17) is 13.9 Å². The fourth-order valence-electron chi connectivity index (χ4n) is 4.35. The number of imidazole rings is 1. The number of halogens is 3. The number of nitrogens with zero attached hydrogens (tertiary/aromatic N) is 8. The molecule has 0 bridgehead atoms. The molecule has 12 heteroatoms. The summed E-state index contributed by atoms with van der Waals surface area (Å²) in [5.74, 6) is 0.204. The summed E-state index contributed by atoms with van der Waals surface area (Å²) in [4.78, 5) is 20.8. The zero-order valence-corrected chi connectivity index (χ0v) is 19.4. The molecule has 5 aromatic rings. The van der Waals surface area contributed by atoms with Gasteiger partial charge in [0.25, 0.3) is 0 Å². The molecule has 1 aromatic carbocycles. The van der Waals surface area contributed by atoms with E-state index in [-0.39, 0.29) is 17.6 Å². The minimum atomic E-state index is -4.53. The lowest BCUT2D eigenvalue weighted by Crippen LogP contribution is -2.08. The number of hydrogen-bond donors (Lipinski definition) is 0. The number of rotatable bonds is 6. The molecule has 188 valence electrons. The van der Waals surface area contributed by atoms with Gasteiger partial charge in [0.2, 0.25) is 5.88 Å². The van der Waals surface area contributed by atoms with Crippen LogP contribution in [0.25, 0.3) is 28.1 Å². The van der Waals surface area contributed by atoms with Crippen molar-refractivity contribution in [2.24, 2.45) is 7.05 Å². The summed E-state index contributed by atoms with van der Waals surface area (Å²) in [7, 11) is -1.22. The molecule has 0 N–H and O–H groups in total. The van der Waals surface area contributed by atoms with E-state index in [9.17, 15) is 13.2 Å². The Balaban J connectivity index is 1.38. The Labute approximate surface area is 213 Å². The van der Waals surface area contributed by atoms with Crippen LogP contribution >= 0.6 is 0 Å². The van der Waals surface area contributed by atoms with Crippen LogP contribution in [-0.2, 0) is 19.6 Å². The van der Waals surface area contributed by atoms with Crippen molar-refractivity contribution in [3.05, 3.63) is 72.0 Å². The molecule has 0 unspecified atom stereocenters. The Hall–Kier alpha value is -4.35. The summed E-state index contributed by atoms with van der Waals surface area (Å²) in [6.07, 6.45) is 2.79. The highest BCUT2D eigenvalue weighted by Crippen LogP contribution is 2.43. The van der Waals surface area contributed by atoms with Gasteiger partial charge in [-0.1, -0.05) is 24.3 Å². The van der Waals surface area contributed by atoms with E-state index >= 15 is 0 Å². The van der Waals surface area contributed by atoms with Gasteiger partial charge in [0.1, 0.15) is 35.2 Å². The van der Waals surface area contributed by atoms with Crippen LogP contribution in [0.3, 0.4) is 0 Å². The number of aryl methyl sites for hydroxylation is 1. The topological polar surface area (TPSA) is 96.4 Å². The Bertz CT molecular complexity index is 1710. The third-order valence-corrected chi connectivity index (χ3v) is 6.26. The first kappa shape index (κ1) is 19.8. The number of aromatic nitrogens is 8. The van der Waals surface area contributed by atoms with E-state index in [1.54, 1.807) is 30.5 Å². The number of hydrogen-bond acceptors (Lipinski definition) is 7. The monoisotopic (exact) mass is 509 g/mol. The molecule has 4 heterocycles. The zero-order chi connectivity index (χ0) is 28.2. The van der Waals surface area contributed by atoms with Crippen LogP contribution < -0.4 is 4.74 Å². The second kappa shape index (κ2) is 8.64. The van der Waals surface area contributed by atoms with E-state index in [0.717, 1.165) is 24.6 Å². The van der Waals surface area contributed by atoms with Crippen LogP contribution in [-0.4, -0.2) is 46.3 Å². The van der Waals surface area contributed by atoms with Crippen LogP contribution in [0, 0.1) is 0 Å². The quantitative estimate of drug-likeness (QED) is 0.333. The van der Waals surface area contributed by atoms with E-state index in [1.165, 1.54) is 29.0 Å². The lowest BCUT2D eigenvalue weighted by molar-refractivity contribution is -0.140. The van der Waals surface area contributed by atoms with Crippen LogP contribution in [0.4, 0.5) is 13.2 Å². The van der Waals surface area contributed by atoms with Gasteiger partial charge in [-0.15, -0.1) is 0 Å². The molecule has 4 aromatic heterocycles. The van der Waals surface area contributed by atoms with Gasteiger partial charge in [-0.2, -0.15) is 23.3 Å². The third kappa shape index (κ3) is 4.17. The summed E-state index contributed by atoms with van der Waals surface area (Å²) in [5, 5.41) is 4.77. The predicted molar refractivity (Wildman–Crippen MR) is 127 cm³/mol. The highest BCUT2D eigenvalue weighted by atomic mass is 19.4. The first-order valence-electron chi connectivity index (χ1n) is 12.9. The molecule has 0 spiro atoms. The van der Waals surface area contributed by atoms with Crippen molar-refractivity contribution in [3.8, 4) is 23.0 Å². The van der Waals surface area contributed by atoms with Crippen molar-refractivity contribution in [2.75, 3.05) is 7.04 Å². The van der Waals surface area contributed by atoms with Gasteiger partial charge in [0.15, 0.2) is 5.69 Å². The molecule has 1 fully saturated rings. The molecular weight excluding hydrogens is 485 g/mol. The van der Waals surface area contributed by atoms with Crippen molar-refractivity contribution < 1.29 is 22.0 Å².